The molecule has 1 atom stereocenters. The first-order chi connectivity index (χ1) is 9.26. The van der Waals surface area contributed by atoms with Crippen LogP contribution in [0.15, 0.2) is 34.9 Å². The summed E-state index contributed by atoms with van der Waals surface area (Å²) in [6.07, 6.45) is 2.96. The van der Waals surface area contributed by atoms with Crippen LogP contribution in [-0.2, 0) is 11.2 Å². The Bertz CT molecular complexity index is 610. The van der Waals surface area contributed by atoms with E-state index in [0.29, 0.717) is 19.4 Å². The number of benzene rings is 1. The van der Waals surface area contributed by atoms with E-state index in [4.69, 9.17) is 9.68 Å². The van der Waals surface area contributed by atoms with E-state index in [9.17, 15) is 4.79 Å². The summed E-state index contributed by atoms with van der Waals surface area (Å²) in [6, 6.07) is 9.80. The fraction of sp³-hybridized carbons (Fsp3) is 0.333. The first-order valence-electron chi connectivity index (χ1n) is 6.38. The Morgan fingerprint density at radius 1 is 1.47 bits per heavy atom. The molecule has 4 nitrogen and oxygen atoms in total. The van der Waals surface area contributed by atoms with Gasteiger partial charge in [0.25, 0.3) is 0 Å². The van der Waals surface area contributed by atoms with Gasteiger partial charge in [-0.05, 0) is 24.5 Å². The molecular formula is C15H16N2O2. The Morgan fingerprint density at radius 3 is 3.00 bits per heavy atom. The lowest BCUT2D eigenvalue weighted by molar-refractivity contribution is -0.123. The molecule has 1 aromatic heterocycles. The van der Waals surface area contributed by atoms with Gasteiger partial charge in [0, 0.05) is 11.9 Å². The Balaban J connectivity index is 1.93. The second-order valence-corrected chi connectivity index (χ2v) is 4.39. The van der Waals surface area contributed by atoms with Gasteiger partial charge < -0.3 is 9.73 Å². The van der Waals surface area contributed by atoms with Gasteiger partial charge in [0.05, 0.1) is 12.3 Å². The lowest BCUT2D eigenvalue weighted by Gasteiger charge is -2.07. The SMILES string of the molecule is CCC(C#N)C(=O)NCCc1coc2ccccc12. The summed E-state index contributed by atoms with van der Waals surface area (Å²) in [5.74, 6) is -0.751. The van der Waals surface area contributed by atoms with E-state index in [1.54, 1.807) is 6.26 Å². The Hall–Kier alpha value is -2.28. The third-order valence-electron chi connectivity index (χ3n) is 3.14. The average molecular weight is 256 g/mol. The smallest absolute Gasteiger partial charge is 0.237 e. The number of fused-ring (bicyclic) bond motifs is 1. The number of hydrogen-bond donors (Lipinski definition) is 1. The summed E-state index contributed by atoms with van der Waals surface area (Å²) in [6.45, 7) is 2.34. The average Bonchev–Trinajstić information content (AvgIpc) is 2.84. The maximum absolute atomic E-state index is 11.6. The molecule has 19 heavy (non-hydrogen) atoms. The van der Waals surface area contributed by atoms with Crippen molar-refractivity contribution in [2.75, 3.05) is 6.54 Å². The zero-order valence-corrected chi connectivity index (χ0v) is 10.8. The maximum Gasteiger partial charge on any atom is 0.237 e. The second-order valence-electron chi connectivity index (χ2n) is 4.39. The van der Waals surface area contributed by atoms with Crippen molar-refractivity contribution in [1.82, 2.24) is 5.32 Å². The van der Waals surface area contributed by atoms with Crippen molar-refractivity contribution in [3.8, 4) is 6.07 Å². The van der Waals surface area contributed by atoms with Crippen LogP contribution in [0.4, 0.5) is 0 Å². The number of nitriles is 1. The molecule has 0 radical (unpaired) electrons. The number of nitrogens with zero attached hydrogens (tertiary/aromatic N) is 1. The molecule has 1 unspecified atom stereocenters. The normalized spacial score (nSPS) is 12.0. The van der Waals surface area contributed by atoms with Crippen LogP contribution >= 0.6 is 0 Å². The quantitative estimate of drug-likeness (QED) is 0.894. The minimum atomic E-state index is -0.555. The largest absolute Gasteiger partial charge is 0.464 e. The second kappa shape index (κ2) is 6.05. The van der Waals surface area contributed by atoms with E-state index < -0.39 is 5.92 Å². The highest BCUT2D eigenvalue weighted by Crippen LogP contribution is 2.20. The Labute approximate surface area is 112 Å². The highest BCUT2D eigenvalue weighted by atomic mass is 16.3. The van der Waals surface area contributed by atoms with Crippen molar-refractivity contribution in [2.24, 2.45) is 5.92 Å². The van der Waals surface area contributed by atoms with Crippen molar-refractivity contribution in [3.63, 3.8) is 0 Å². The zero-order valence-electron chi connectivity index (χ0n) is 10.8. The number of carbonyl (C=O) groups is 1. The Kier molecular flexibility index (Phi) is 4.19. The van der Waals surface area contributed by atoms with Crippen molar-refractivity contribution in [1.29, 1.82) is 5.26 Å². The van der Waals surface area contributed by atoms with Crippen molar-refractivity contribution < 1.29 is 9.21 Å². The molecule has 4 heteroatoms. The van der Waals surface area contributed by atoms with Gasteiger partial charge in [-0.3, -0.25) is 4.79 Å². The van der Waals surface area contributed by atoms with Crippen molar-refractivity contribution >= 4 is 16.9 Å². The van der Waals surface area contributed by atoms with Gasteiger partial charge in [0.2, 0.25) is 5.91 Å². The van der Waals surface area contributed by atoms with Crippen LogP contribution in [0.1, 0.15) is 18.9 Å². The number of para-hydroxylation sites is 1. The lowest BCUT2D eigenvalue weighted by atomic mass is 10.1. The summed E-state index contributed by atoms with van der Waals surface area (Å²) in [5.41, 5.74) is 1.92. The lowest BCUT2D eigenvalue weighted by Crippen LogP contribution is -2.31. The van der Waals surface area contributed by atoms with Gasteiger partial charge in [0.15, 0.2) is 0 Å². The number of furan rings is 1. The van der Waals surface area contributed by atoms with Crippen LogP contribution in [0.2, 0.25) is 0 Å². The van der Waals surface area contributed by atoms with Gasteiger partial charge >= 0.3 is 0 Å². The van der Waals surface area contributed by atoms with E-state index in [1.165, 1.54) is 0 Å². The maximum atomic E-state index is 11.6. The molecule has 2 rings (SSSR count). The highest BCUT2D eigenvalue weighted by Gasteiger charge is 2.14. The van der Waals surface area contributed by atoms with Gasteiger partial charge in [-0.25, -0.2) is 0 Å². The number of carbonyl (C=O) groups excluding carboxylic acids is 1. The van der Waals surface area contributed by atoms with Crippen LogP contribution < -0.4 is 5.32 Å². The minimum Gasteiger partial charge on any atom is -0.464 e. The van der Waals surface area contributed by atoms with E-state index in [2.05, 4.69) is 5.32 Å². The van der Waals surface area contributed by atoms with Gasteiger partial charge in [-0.1, -0.05) is 25.1 Å². The molecule has 1 N–H and O–H groups in total. The molecule has 0 spiro atoms. The van der Waals surface area contributed by atoms with Gasteiger partial charge in [-0.2, -0.15) is 5.26 Å². The summed E-state index contributed by atoms with van der Waals surface area (Å²) >= 11 is 0. The van der Waals surface area contributed by atoms with Gasteiger partial charge in [-0.15, -0.1) is 0 Å². The minimum absolute atomic E-state index is 0.196. The summed E-state index contributed by atoms with van der Waals surface area (Å²) < 4.78 is 5.43. The topological polar surface area (TPSA) is 66.0 Å². The molecule has 0 bridgehead atoms. The van der Waals surface area contributed by atoms with E-state index in [0.717, 1.165) is 16.5 Å². The fourth-order valence-electron chi connectivity index (χ4n) is 2.01. The monoisotopic (exact) mass is 256 g/mol. The molecule has 0 aliphatic carbocycles. The fourth-order valence-corrected chi connectivity index (χ4v) is 2.01. The van der Waals surface area contributed by atoms with Crippen LogP contribution in [-0.4, -0.2) is 12.5 Å². The highest BCUT2D eigenvalue weighted by molar-refractivity contribution is 5.82. The predicted octanol–water partition coefficient (Wildman–Crippen LogP) is 2.64. The molecule has 1 aromatic carbocycles. The van der Waals surface area contributed by atoms with Crippen LogP contribution in [0.5, 0.6) is 0 Å². The Morgan fingerprint density at radius 2 is 2.26 bits per heavy atom. The molecule has 0 aliphatic heterocycles. The number of hydrogen-bond acceptors (Lipinski definition) is 3. The molecule has 98 valence electrons. The van der Waals surface area contributed by atoms with E-state index in [1.807, 2.05) is 37.3 Å². The van der Waals surface area contributed by atoms with Crippen molar-refractivity contribution in [2.45, 2.75) is 19.8 Å². The third kappa shape index (κ3) is 2.94. The first kappa shape index (κ1) is 13.2. The van der Waals surface area contributed by atoms with Gasteiger partial charge in [0.1, 0.15) is 11.5 Å². The van der Waals surface area contributed by atoms with Crippen LogP contribution in [0, 0.1) is 17.2 Å². The molecule has 0 saturated heterocycles. The summed E-state index contributed by atoms with van der Waals surface area (Å²) in [4.78, 5) is 11.6. The van der Waals surface area contributed by atoms with Crippen LogP contribution in [0.3, 0.4) is 0 Å². The number of amides is 1. The third-order valence-corrected chi connectivity index (χ3v) is 3.14. The molecular weight excluding hydrogens is 240 g/mol. The summed E-state index contributed by atoms with van der Waals surface area (Å²) in [5, 5.41) is 12.7. The summed E-state index contributed by atoms with van der Waals surface area (Å²) in [7, 11) is 0. The standard InChI is InChI=1S/C15H16N2O2/c1-2-11(9-16)15(18)17-8-7-12-10-19-14-6-4-3-5-13(12)14/h3-6,10-11H,2,7-8H2,1H3,(H,17,18). The number of nitrogens with one attached hydrogen (secondary N) is 1. The molecule has 0 saturated carbocycles. The van der Waals surface area contributed by atoms with Crippen molar-refractivity contribution in [3.05, 3.63) is 36.1 Å². The molecule has 0 aliphatic rings. The molecule has 0 fully saturated rings. The van der Waals surface area contributed by atoms with E-state index >= 15 is 0 Å². The predicted molar refractivity (Wildman–Crippen MR) is 72.3 cm³/mol. The van der Waals surface area contributed by atoms with E-state index in [-0.39, 0.29) is 5.91 Å². The number of rotatable bonds is 5. The molecule has 1 amide bonds. The van der Waals surface area contributed by atoms with Crippen LogP contribution in [0.25, 0.3) is 11.0 Å². The molecule has 1 heterocycles. The zero-order chi connectivity index (χ0) is 13.7. The first-order valence-corrected chi connectivity index (χ1v) is 6.38. The molecule has 2 aromatic rings.